The lowest BCUT2D eigenvalue weighted by atomic mass is 9.78. The third-order valence-electron chi connectivity index (χ3n) is 3.14. The first-order valence-corrected chi connectivity index (χ1v) is 6.59. The van der Waals surface area contributed by atoms with Gasteiger partial charge in [-0.3, -0.25) is 0 Å². The van der Waals surface area contributed by atoms with E-state index >= 15 is 0 Å². The summed E-state index contributed by atoms with van der Waals surface area (Å²) >= 11 is 1.54. The summed E-state index contributed by atoms with van der Waals surface area (Å²) in [6.45, 7) is -0.579. The van der Waals surface area contributed by atoms with Gasteiger partial charge in [0.25, 0.3) is 0 Å². The first-order chi connectivity index (χ1) is 8.72. The van der Waals surface area contributed by atoms with Crippen molar-refractivity contribution in [1.82, 2.24) is 0 Å². The van der Waals surface area contributed by atoms with E-state index in [2.05, 4.69) is 0 Å². The molecular formula is C14H15FO2S. The summed E-state index contributed by atoms with van der Waals surface area (Å²) in [5, 5.41) is 21.2. The molecule has 1 aromatic carbocycles. The highest BCUT2D eigenvalue weighted by Gasteiger charge is 2.34. The molecule has 2 rings (SSSR count). The van der Waals surface area contributed by atoms with Crippen molar-refractivity contribution in [2.75, 3.05) is 13.2 Å². The van der Waals surface area contributed by atoms with E-state index < -0.39 is 11.2 Å². The van der Waals surface area contributed by atoms with Crippen LogP contribution in [0.3, 0.4) is 0 Å². The third-order valence-corrected chi connectivity index (χ3v) is 4.02. The van der Waals surface area contributed by atoms with Crippen LogP contribution < -0.4 is 0 Å². The molecule has 0 unspecified atom stereocenters. The highest BCUT2D eigenvalue weighted by molar-refractivity contribution is 7.09. The maximum Gasteiger partial charge on any atom is 0.127 e. The fraction of sp³-hybridized carbons (Fsp3) is 0.286. The Bertz CT molecular complexity index is 492. The highest BCUT2D eigenvalue weighted by atomic mass is 32.1. The molecule has 0 spiro atoms. The van der Waals surface area contributed by atoms with Gasteiger partial charge in [0.05, 0.1) is 13.2 Å². The van der Waals surface area contributed by atoms with Crippen molar-refractivity contribution in [2.24, 2.45) is 0 Å². The van der Waals surface area contributed by atoms with Crippen LogP contribution in [0.4, 0.5) is 4.39 Å². The second-order valence-electron chi connectivity index (χ2n) is 4.33. The fourth-order valence-electron chi connectivity index (χ4n) is 2.07. The molecule has 2 aromatic rings. The van der Waals surface area contributed by atoms with Crippen LogP contribution in [0.5, 0.6) is 0 Å². The normalized spacial score (nSPS) is 11.7. The summed E-state index contributed by atoms with van der Waals surface area (Å²) in [7, 11) is 0. The highest BCUT2D eigenvalue weighted by Crippen LogP contribution is 2.31. The van der Waals surface area contributed by atoms with E-state index in [9.17, 15) is 14.6 Å². The van der Waals surface area contributed by atoms with Crippen molar-refractivity contribution in [3.8, 4) is 0 Å². The number of hydrogen-bond acceptors (Lipinski definition) is 3. The molecular weight excluding hydrogens is 251 g/mol. The van der Waals surface area contributed by atoms with Crippen molar-refractivity contribution < 1.29 is 14.6 Å². The summed E-state index contributed by atoms with van der Waals surface area (Å²) in [5.74, 6) is -0.392. The molecule has 0 fully saturated rings. The standard InChI is InChI=1S/C14H15FO2S/c15-13-6-2-1-5-12(13)14(9-16,10-17)8-11-4-3-7-18-11/h1-7,16-17H,8-10H2. The Labute approximate surface area is 109 Å². The Balaban J connectivity index is 2.40. The summed E-state index contributed by atoms with van der Waals surface area (Å²) in [4.78, 5) is 1.02. The molecule has 96 valence electrons. The minimum absolute atomic E-state index is 0.289. The summed E-state index contributed by atoms with van der Waals surface area (Å²) in [5.41, 5.74) is -0.598. The summed E-state index contributed by atoms with van der Waals surface area (Å²) in [6, 6.07) is 10.1. The quantitative estimate of drug-likeness (QED) is 0.872. The van der Waals surface area contributed by atoms with Crippen LogP contribution >= 0.6 is 11.3 Å². The Hall–Kier alpha value is -1.23. The molecule has 1 heterocycles. The van der Waals surface area contributed by atoms with E-state index in [0.717, 1.165) is 4.88 Å². The topological polar surface area (TPSA) is 40.5 Å². The van der Waals surface area contributed by atoms with Crippen LogP contribution in [-0.2, 0) is 11.8 Å². The second kappa shape index (κ2) is 5.61. The van der Waals surface area contributed by atoms with E-state index in [0.29, 0.717) is 12.0 Å². The van der Waals surface area contributed by atoms with Crippen molar-refractivity contribution in [3.63, 3.8) is 0 Å². The molecule has 0 atom stereocenters. The van der Waals surface area contributed by atoms with Crippen LogP contribution in [0.2, 0.25) is 0 Å². The maximum atomic E-state index is 13.9. The molecule has 2 N–H and O–H groups in total. The Morgan fingerprint density at radius 2 is 1.78 bits per heavy atom. The lowest BCUT2D eigenvalue weighted by Gasteiger charge is -2.30. The van der Waals surface area contributed by atoms with E-state index in [1.807, 2.05) is 17.5 Å². The van der Waals surface area contributed by atoms with Crippen LogP contribution in [-0.4, -0.2) is 23.4 Å². The monoisotopic (exact) mass is 266 g/mol. The third kappa shape index (κ3) is 2.46. The molecule has 4 heteroatoms. The molecule has 0 radical (unpaired) electrons. The van der Waals surface area contributed by atoms with Gasteiger partial charge in [-0.15, -0.1) is 11.3 Å². The predicted molar refractivity (Wildman–Crippen MR) is 70.3 cm³/mol. The second-order valence-corrected chi connectivity index (χ2v) is 5.36. The smallest absolute Gasteiger partial charge is 0.127 e. The van der Waals surface area contributed by atoms with Gasteiger partial charge in [-0.1, -0.05) is 24.3 Å². The minimum Gasteiger partial charge on any atom is -0.395 e. The van der Waals surface area contributed by atoms with Crippen LogP contribution in [0.15, 0.2) is 41.8 Å². The van der Waals surface area contributed by atoms with Crippen LogP contribution in [0.1, 0.15) is 10.4 Å². The Kier molecular flexibility index (Phi) is 4.11. The molecule has 1 aromatic heterocycles. The zero-order chi connectivity index (χ0) is 13.0. The summed E-state index contributed by atoms with van der Waals surface area (Å²) in [6.07, 6.45) is 0.429. The zero-order valence-electron chi connectivity index (χ0n) is 9.84. The maximum absolute atomic E-state index is 13.9. The van der Waals surface area contributed by atoms with Gasteiger partial charge in [0.1, 0.15) is 5.82 Å². The van der Waals surface area contributed by atoms with Crippen LogP contribution in [0.25, 0.3) is 0 Å². The van der Waals surface area contributed by atoms with E-state index in [-0.39, 0.29) is 13.2 Å². The number of rotatable bonds is 5. The van der Waals surface area contributed by atoms with Crippen molar-refractivity contribution in [1.29, 1.82) is 0 Å². The molecule has 0 saturated carbocycles. The molecule has 0 bridgehead atoms. The number of aliphatic hydroxyl groups excluding tert-OH is 2. The van der Waals surface area contributed by atoms with Gasteiger partial charge in [-0.05, 0) is 29.5 Å². The van der Waals surface area contributed by atoms with Gasteiger partial charge in [0.15, 0.2) is 0 Å². The van der Waals surface area contributed by atoms with Crippen LogP contribution in [0, 0.1) is 5.82 Å². The van der Waals surface area contributed by atoms with Crippen molar-refractivity contribution in [2.45, 2.75) is 11.8 Å². The summed E-state index contributed by atoms with van der Waals surface area (Å²) < 4.78 is 13.9. The molecule has 0 amide bonds. The predicted octanol–water partition coefficient (Wildman–Crippen LogP) is 2.35. The van der Waals surface area contributed by atoms with E-state index in [1.165, 1.54) is 17.4 Å². The Morgan fingerprint density at radius 3 is 2.33 bits per heavy atom. The number of thiophene rings is 1. The lowest BCUT2D eigenvalue weighted by molar-refractivity contribution is 0.114. The Morgan fingerprint density at radius 1 is 1.06 bits per heavy atom. The molecule has 0 aliphatic heterocycles. The zero-order valence-corrected chi connectivity index (χ0v) is 10.7. The van der Waals surface area contributed by atoms with Gasteiger partial charge in [-0.25, -0.2) is 4.39 Å². The molecule has 0 saturated heterocycles. The number of benzene rings is 1. The van der Waals surface area contributed by atoms with E-state index in [4.69, 9.17) is 0 Å². The van der Waals surface area contributed by atoms with Gasteiger partial charge < -0.3 is 10.2 Å². The van der Waals surface area contributed by atoms with Gasteiger partial charge in [-0.2, -0.15) is 0 Å². The fourth-order valence-corrected chi connectivity index (χ4v) is 2.91. The van der Waals surface area contributed by atoms with Crippen molar-refractivity contribution >= 4 is 11.3 Å². The van der Waals surface area contributed by atoms with Crippen molar-refractivity contribution in [3.05, 3.63) is 58.0 Å². The lowest BCUT2D eigenvalue weighted by Crippen LogP contribution is -2.38. The first-order valence-electron chi connectivity index (χ1n) is 5.71. The average molecular weight is 266 g/mol. The SMILES string of the molecule is OCC(CO)(Cc1cccs1)c1ccccc1F. The van der Waals surface area contributed by atoms with Gasteiger partial charge in [0.2, 0.25) is 0 Å². The van der Waals surface area contributed by atoms with Gasteiger partial charge in [0, 0.05) is 10.3 Å². The first kappa shape index (κ1) is 13.2. The molecule has 0 aliphatic rings. The number of hydrogen-bond donors (Lipinski definition) is 2. The van der Waals surface area contributed by atoms with E-state index in [1.54, 1.807) is 18.2 Å². The average Bonchev–Trinajstić information content (AvgIpc) is 2.90. The molecule has 0 aliphatic carbocycles. The number of aliphatic hydroxyl groups is 2. The minimum atomic E-state index is -0.962. The largest absolute Gasteiger partial charge is 0.395 e. The molecule has 18 heavy (non-hydrogen) atoms. The van der Waals surface area contributed by atoms with Gasteiger partial charge >= 0.3 is 0 Å². The number of halogens is 1. The molecule has 2 nitrogen and oxygen atoms in total.